The second-order valence-electron chi connectivity index (χ2n) is 2.86. The fourth-order valence-electron chi connectivity index (χ4n) is 1.13. The Bertz CT molecular complexity index is 350. The minimum Gasteiger partial charge on any atom is -0.288 e. The Balaban J connectivity index is 3.23. The summed E-state index contributed by atoms with van der Waals surface area (Å²) in [6, 6.07) is 3.68. The van der Waals surface area contributed by atoms with Crippen molar-refractivity contribution in [3.05, 3.63) is 32.4 Å². The Morgan fingerprint density at radius 3 is 2.54 bits per heavy atom. The second-order valence-corrected chi connectivity index (χ2v) is 4.02. The molecule has 0 fully saturated rings. The molecule has 70 valence electrons. The van der Waals surface area contributed by atoms with Crippen molar-refractivity contribution in [1.29, 1.82) is 0 Å². The minimum absolute atomic E-state index is 0.463. The predicted octanol–water partition coefficient (Wildman–Crippen LogP) is 2.03. The van der Waals surface area contributed by atoms with Gasteiger partial charge in [0.15, 0.2) is 0 Å². The summed E-state index contributed by atoms with van der Waals surface area (Å²) < 4.78 is 1.02. The molecule has 0 bridgehead atoms. The Morgan fingerprint density at radius 2 is 2.00 bits per heavy atom. The topological polar surface area (TPSA) is 49.3 Å². The fraction of sp³-hybridized carbons (Fsp3) is 0.222. The lowest BCUT2D eigenvalue weighted by molar-refractivity contribution is 0.0705. The molecular weight excluding hydrogens is 281 g/mol. The van der Waals surface area contributed by atoms with Gasteiger partial charge in [0.2, 0.25) is 0 Å². The van der Waals surface area contributed by atoms with Gasteiger partial charge in [-0.05, 0) is 53.6 Å². The van der Waals surface area contributed by atoms with E-state index in [4.69, 9.17) is 5.21 Å². The SMILES string of the molecule is Cc1cc(C)c(C(=O)NO)cc1I. The number of hydroxylamine groups is 1. The normalized spacial score (nSPS) is 9.85. The molecule has 0 aliphatic carbocycles. The molecule has 2 N–H and O–H groups in total. The van der Waals surface area contributed by atoms with Crippen LogP contribution in [-0.2, 0) is 0 Å². The summed E-state index contributed by atoms with van der Waals surface area (Å²) in [4.78, 5) is 11.1. The van der Waals surface area contributed by atoms with Gasteiger partial charge in [0.05, 0.1) is 0 Å². The molecule has 1 aromatic rings. The summed E-state index contributed by atoms with van der Waals surface area (Å²) in [5.41, 5.74) is 4.14. The van der Waals surface area contributed by atoms with Gasteiger partial charge in [-0.2, -0.15) is 0 Å². The van der Waals surface area contributed by atoms with Crippen LogP contribution in [0.3, 0.4) is 0 Å². The van der Waals surface area contributed by atoms with Gasteiger partial charge in [0.25, 0.3) is 5.91 Å². The smallest absolute Gasteiger partial charge is 0.274 e. The summed E-state index contributed by atoms with van der Waals surface area (Å²) in [5, 5.41) is 8.47. The molecule has 1 amide bonds. The van der Waals surface area contributed by atoms with E-state index in [9.17, 15) is 4.79 Å². The highest BCUT2D eigenvalue weighted by atomic mass is 127. The van der Waals surface area contributed by atoms with E-state index in [1.807, 2.05) is 19.9 Å². The van der Waals surface area contributed by atoms with Crippen LogP contribution in [0.25, 0.3) is 0 Å². The van der Waals surface area contributed by atoms with Crippen molar-refractivity contribution in [2.75, 3.05) is 0 Å². The molecule has 0 unspecified atom stereocenters. The lowest BCUT2D eigenvalue weighted by Crippen LogP contribution is -2.20. The van der Waals surface area contributed by atoms with Crippen LogP contribution in [0, 0.1) is 17.4 Å². The lowest BCUT2D eigenvalue weighted by atomic mass is 10.1. The largest absolute Gasteiger partial charge is 0.288 e. The number of hydrogen-bond acceptors (Lipinski definition) is 2. The predicted molar refractivity (Wildman–Crippen MR) is 57.9 cm³/mol. The van der Waals surface area contributed by atoms with Crippen LogP contribution in [0.2, 0.25) is 0 Å². The highest BCUT2D eigenvalue weighted by molar-refractivity contribution is 14.1. The molecule has 1 aromatic carbocycles. The number of rotatable bonds is 1. The van der Waals surface area contributed by atoms with Crippen LogP contribution in [0.4, 0.5) is 0 Å². The van der Waals surface area contributed by atoms with E-state index in [0.29, 0.717) is 5.56 Å². The second kappa shape index (κ2) is 4.06. The van der Waals surface area contributed by atoms with Gasteiger partial charge in [0.1, 0.15) is 0 Å². The first-order chi connectivity index (χ1) is 6.06. The molecule has 13 heavy (non-hydrogen) atoms. The van der Waals surface area contributed by atoms with Gasteiger partial charge < -0.3 is 0 Å². The van der Waals surface area contributed by atoms with Gasteiger partial charge in [-0.15, -0.1) is 0 Å². The molecule has 1 rings (SSSR count). The average Bonchev–Trinajstić information content (AvgIpc) is 2.10. The quantitative estimate of drug-likeness (QED) is 0.472. The van der Waals surface area contributed by atoms with Crippen LogP contribution in [-0.4, -0.2) is 11.1 Å². The van der Waals surface area contributed by atoms with E-state index >= 15 is 0 Å². The molecule has 3 nitrogen and oxygen atoms in total. The third kappa shape index (κ3) is 2.19. The summed E-state index contributed by atoms with van der Waals surface area (Å²) in [6.07, 6.45) is 0. The maximum absolute atomic E-state index is 11.1. The molecule has 0 spiro atoms. The molecular formula is C9H10INO2. The maximum Gasteiger partial charge on any atom is 0.274 e. The molecule has 0 atom stereocenters. The van der Waals surface area contributed by atoms with E-state index in [0.717, 1.165) is 14.7 Å². The van der Waals surface area contributed by atoms with Crippen molar-refractivity contribution in [2.24, 2.45) is 0 Å². The number of carbonyl (C=O) groups is 1. The Hall–Kier alpha value is -0.620. The van der Waals surface area contributed by atoms with Crippen LogP contribution < -0.4 is 5.48 Å². The van der Waals surface area contributed by atoms with E-state index in [1.54, 1.807) is 11.5 Å². The summed E-state index contributed by atoms with van der Waals surface area (Å²) in [7, 11) is 0. The van der Waals surface area contributed by atoms with Crippen molar-refractivity contribution in [1.82, 2.24) is 5.48 Å². The molecule has 0 heterocycles. The molecule has 0 aromatic heterocycles. The van der Waals surface area contributed by atoms with Crippen molar-refractivity contribution >= 4 is 28.5 Å². The van der Waals surface area contributed by atoms with E-state index in [1.165, 1.54) is 0 Å². The zero-order chi connectivity index (χ0) is 10.0. The van der Waals surface area contributed by atoms with Gasteiger partial charge in [-0.1, -0.05) is 6.07 Å². The average molecular weight is 291 g/mol. The Morgan fingerprint density at radius 1 is 1.38 bits per heavy atom. The number of halogens is 1. The van der Waals surface area contributed by atoms with Gasteiger partial charge >= 0.3 is 0 Å². The van der Waals surface area contributed by atoms with Crippen LogP contribution >= 0.6 is 22.6 Å². The van der Waals surface area contributed by atoms with Crippen molar-refractivity contribution in [3.63, 3.8) is 0 Å². The monoisotopic (exact) mass is 291 g/mol. The number of nitrogens with one attached hydrogen (secondary N) is 1. The number of amides is 1. The highest BCUT2D eigenvalue weighted by Crippen LogP contribution is 2.17. The first kappa shape index (κ1) is 10.5. The zero-order valence-electron chi connectivity index (χ0n) is 7.39. The van der Waals surface area contributed by atoms with Crippen molar-refractivity contribution in [2.45, 2.75) is 13.8 Å². The number of benzene rings is 1. The van der Waals surface area contributed by atoms with Crippen LogP contribution in [0.15, 0.2) is 12.1 Å². The van der Waals surface area contributed by atoms with Crippen LogP contribution in [0.5, 0.6) is 0 Å². The van der Waals surface area contributed by atoms with E-state index < -0.39 is 5.91 Å². The molecule has 0 aliphatic heterocycles. The summed E-state index contributed by atoms with van der Waals surface area (Å²) >= 11 is 2.15. The van der Waals surface area contributed by atoms with E-state index in [-0.39, 0.29) is 0 Å². The van der Waals surface area contributed by atoms with Gasteiger partial charge in [-0.3, -0.25) is 10.0 Å². The molecule has 4 heteroatoms. The van der Waals surface area contributed by atoms with Crippen molar-refractivity contribution < 1.29 is 10.0 Å². The van der Waals surface area contributed by atoms with Crippen LogP contribution in [0.1, 0.15) is 21.5 Å². The standard InChI is InChI=1S/C9H10INO2/c1-5-3-6(2)8(10)4-7(5)9(12)11-13/h3-4,13H,1-2H3,(H,11,12). The third-order valence-corrected chi connectivity index (χ3v) is 3.01. The highest BCUT2D eigenvalue weighted by Gasteiger charge is 2.09. The molecule has 0 saturated heterocycles. The summed E-state index contributed by atoms with van der Waals surface area (Å²) in [5.74, 6) is -0.463. The number of aryl methyl sites for hydroxylation is 2. The minimum atomic E-state index is -0.463. The summed E-state index contributed by atoms with van der Waals surface area (Å²) in [6.45, 7) is 3.82. The van der Waals surface area contributed by atoms with Gasteiger partial charge in [-0.25, -0.2) is 5.48 Å². The maximum atomic E-state index is 11.1. The molecule has 0 radical (unpaired) electrons. The van der Waals surface area contributed by atoms with E-state index in [2.05, 4.69) is 22.6 Å². The number of carbonyl (C=O) groups excluding carboxylic acids is 1. The third-order valence-electron chi connectivity index (χ3n) is 1.85. The lowest BCUT2D eigenvalue weighted by Gasteiger charge is -2.06. The fourth-order valence-corrected chi connectivity index (χ4v) is 1.60. The Kier molecular flexibility index (Phi) is 3.27. The number of hydrogen-bond donors (Lipinski definition) is 2. The Labute approximate surface area is 90.2 Å². The van der Waals surface area contributed by atoms with Crippen molar-refractivity contribution in [3.8, 4) is 0 Å². The zero-order valence-corrected chi connectivity index (χ0v) is 9.55. The molecule has 0 aliphatic rings. The first-order valence-corrected chi connectivity index (χ1v) is 4.85. The molecule has 0 saturated carbocycles. The first-order valence-electron chi connectivity index (χ1n) is 3.77. The van der Waals surface area contributed by atoms with Gasteiger partial charge in [0, 0.05) is 9.13 Å².